The second kappa shape index (κ2) is 4.86. The highest BCUT2D eigenvalue weighted by Crippen LogP contribution is 2.34. The van der Waals surface area contributed by atoms with Crippen LogP contribution in [0.25, 0.3) is 0 Å². The zero-order valence-corrected chi connectivity index (χ0v) is 8.55. The lowest BCUT2D eigenvalue weighted by Crippen LogP contribution is -2.26. The molecule has 0 radical (unpaired) electrons. The van der Waals surface area contributed by atoms with Gasteiger partial charge in [0.05, 0.1) is 0 Å². The van der Waals surface area contributed by atoms with Gasteiger partial charge in [-0.05, 0) is 25.2 Å². The molecule has 1 rings (SSSR count). The van der Waals surface area contributed by atoms with E-state index >= 15 is 0 Å². The van der Waals surface area contributed by atoms with Gasteiger partial charge in [0.25, 0.3) is 0 Å². The molecule has 1 aliphatic carbocycles. The summed E-state index contributed by atoms with van der Waals surface area (Å²) in [5, 5.41) is 0. The molecular weight excluding hydrogens is 146 g/mol. The minimum atomic E-state index is 0.405. The maximum Gasteiger partial charge on any atom is 0.00132 e. The number of rotatable bonds is 3. The van der Waals surface area contributed by atoms with Crippen LogP contribution in [0.4, 0.5) is 0 Å². The summed E-state index contributed by atoms with van der Waals surface area (Å²) in [5.74, 6) is 1.91. The van der Waals surface area contributed by atoms with Gasteiger partial charge in [0.1, 0.15) is 0 Å². The van der Waals surface area contributed by atoms with Crippen LogP contribution in [0.5, 0.6) is 0 Å². The summed E-state index contributed by atoms with van der Waals surface area (Å²) >= 11 is 0. The van der Waals surface area contributed by atoms with Crippen molar-refractivity contribution in [3.8, 4) is 0 Å². The zero-order valence-electron chi connectivity index (χ0n) is 8.55. The molecule has 0 saturated heterocycles. The molecular formula is C11H23N. The minimum Gasteiger partial charge on any atom is -0.328 e. The molecule has 0 amide bonds. The summed E-state index contributed by atoms with van der Waals surface area (Å²) in [5.41, 5.74) is 5.84. The van der Waals surface area contributed by atoms with E-state index in [4.69, 9.17) is 5.73 Å². The Bertz CT molecular complexity index is 120. The molecule has 0 aliphatic heterocycles. The van der Waals surface area contributed by atoms with Crippen molar-refractivity contribution in [2.75, 3.05) is 0 Å². The van der Waals surface area contributed by atoms with Crippen LogP contribution in [0.1, 0.15) is 52.4 Å². The molecule has 1 fully saturated rings. The number of hydrogen-bond donors (Lipinski definition) is 1. The van der Waals surface area contributed by atoms with Gasteiger partial charge in [-0.25, -0.2) is 0 Å². The standard InChI is InChI=1S/C11H23N/c1-3-10-6-4-5-7-11(10)8-9(2)12/h9-11H,3-8,12H2,1-2H3. The average molecular weight is 169 g/mol. The van der Waals surface area contributed by atoms with E-state index in [9.17, 15) is 0 Å². The zero-order chi connectivity index (χ0) is 8.97. The monoisotopic (exact) mass is 169 g/mol. The summed E-state index contributed by atoms with van der Waals surface area (Å²) in [4.78, 5) is 0. The van der Waals surface area contributed by atoms with Crippen LogP contribution >= 0.6 is 0 Å². The predicted molar refractivity (Wildman–Crippen MR) is 54.0 cm³/mol. The van der Waals surface area contributed by atoms with Crippen LogP contribution in [0, 0.1) is 11.8 Å². The van der Waals surface area contributed by atoms with Gasteiger partial charge in [0, 0.05) is 6.04 Å². The Balaban J connectivity index is 2.36. The topological polar surface area (TPSA) is 26.0 Å². The Kier molecular flexibility index (Phi) is 4.07. The smallest absolute Gasteiger partial charge is 0.00132 e. The molecule has 0 aromatic carbocycles. The first-order valence-corrected chi connectivity index (χ1v) is 5.49. The van der Waals surface area contributed by atoms with E-state index < -0.39 is 0 Å². The lowest BCUT2D eigenvalue weighted by atomic mass is 9.75. The fourth-order valence-corrected chi connectivity index (χ4v) is 2.61. The van der Waals surface area contributed by atoms with Crippen molar-refractivity contribution in [3.05, 3.63) is 0 Å². The third-order valence-corrected chi connectivity index (χ3v) is 3.27. The molecule has 0 aromatic rings. The van der Waals surface area contributed by atoms with Gasteiger partial charge in [-0.2, -0.15) is 0 Å². The van der Waals surface area contributed by atoms with Crippen molar-refractivity contribution >= 4 is 0 Å². The van der Waals surface area contributed by atoms with Crippen LogP contribution in [0.15, 0.2) is 0 Å². The van der Waals surface area contributed by atoms with Crippen molar-refractivity contribution in [3.63, 3.8) is 0 Å². The van der Waals surface area contributed by atoms with Gasteiger partial charge in [-0.15, -0.1) is 0 Å². The molecule has 1 aliphatic rings. The number of nitrogens with two attached hydrogens (primary N) is 1. The van der Waals surface area contributed by atoms with Crippen molar-refractivity contribution < 1.29 is 0 Å². The van der Waals surface area contributed by atoms with Crippen molar-refractivity contribution in [2.24, 2.45) is 17.6 Å². The first-order chi connectivity index (χ1) is 5.74. The molecule has 1 nitrogen and oxygen atoms in total. The number of hydrogen-bond acceptors (Lipinski definition) is 1. The van der Waals surface area contributed by atoms with Gasteiger partial charge >= 0.3 is 0 Å². The van der Waals surface area contributed by atoms with Crippen molar-refractivity contribution in [1.82, 2.24) is 0 Å². The van der Waals surface area contributed by atoms with Crippen LogP contribution in [0.2, 0.25) is 0 Å². The largest absolute Gasteiger partial charge is 0.328 e. The summed E-state index contributed by atoms with van der Waals surface area (Å²) < 4.78 is 0. The quantitative estimate of drug-likeness (QED) is 0.690. The molecule has 1 heteroatoms. The molecule has 12 heavy (non-hydrogen) atoms. The Morgan fingerprint density at radius 1 is 1.25 bits per heavy atom. The van der Waals surface area contributed by atoms with Gasteiger partial charge < -0.3 is 5.73 Å². The van der Waals surface area contributed by atoms with Gasteiger partial charge in [0.15, 0.2) is 0 Å². The third kappa shape index (κ3) is 2.78. The molecule has 2 N–H and O–H groups in total. The van der Waals surface area contributed by atoms with Crippen LogP contribution in [-0.2, 0) is 0 Å². The lowest BCUT2D eigenvalue weighted by Gasteiger charge is -2.31. The van der Waals surface area contributed by atoms with Gasteiger partial charge in [-0.1, -0.05) is 39.0 Å². The molecule has 3 unspecified atom stereocenters. The van der Waals surface area contributed by atoms with Crippen LogP contribution in [0.3, 0.4) is 0 Å². The Morgan fingerprint density at radius 3 is 2.33 bits per heavy atom. The highest BCUT2D eigenvalue weighted by Gasteiger charge is 2.23. The molecule has 0 heterocycles. The molecule has 3 atom stereocenters. The second-order valence-electron chi connectivity index (χ2n) is 4.43. The van der Waals surface area contributed by atoms with Crippen molar-refractivity contribution in [2.45, 2.75) is 58.4 Å². The normalized spacial score (nSPS) is 33.2. The maximum atomic E-state index is 5.84. The summed E-state index contributed by atoms with van der Waals surface area (Å²) in [6.07, 6.45) is 8.38. The van der Waals surface area contributed by atoms with Gasteiger partial charge in [-0.3, -0.25) is 0 Å². The fraction of sp³-hybridized carbons (Fsp3) is 1.00. The minimum absolute atomic E-state index is 0.405. The van der Waals surface area contributed by atoms with E-state index in [1.807, 2.05) is 0 Å². The lowest BCUT2D eigenvalue weighted by molar-refractivity contribution is 0.209. The highest BCUT2D eigenvalue weighted by atomic mass is 14.6. The molecule has 0 bridgehead atoms. The van der Waals surface area contributed by atoms with E-state index in [1.54, 1.807) is 0 Å². The van der Waals surface area contributed by atoms with E-state index in [1.165, 1.54) is 38.5 Å². The third-order valence-electron chi connectivity index (χ3n) is 3.27. The Hall–Kier alpha value is -0.0400. The van der Waals surface area contributed by atoms with E-state index in [-0.39, 0.29) is 0 Å². The first kappa shape index (κ1) is 10.0. The SMILES string of the molecule is CCC1CCCCC1CC(C)N. The van der Waals surface area contributed by atoms with E-state index in [2.05, 4.69) is 13.8 Å². The van der Waals surface area contributed by atoms with E-state index in [0.29, 0.717) is 6.04 Å². The van der Waals surface area contributed by atoms with Gasteiger partial charge in [0.2, 0.25) is 0 Å². The Morgan fingerprint density at radius 2 is 1.83 bits per heavy atom. The van der Waals surface area contributed by atoms with E-state index in [0.717, 1.165) is 11.8 Å². The molecule has 72 valence electrons. The average Bonchev–Trinajstić information content (AvgIpc) is 2.04. The Labute approximate surface area is 76.7 Å². The molecule has 0 aromatic heterocycles. The highest BCUT2D eigenvalue weighted by molar-refractivity contribution is 4.76. The fourth-order valence-electron chi connectivity index (χ4n) is 2.61. The summed E-state index contributed by atoms with van der Waals surface area (Å²) in [6.45, 7) is 4.46. The maximum absolute atomic E-state index is 5.84. The summed E-state index contributed by atoms with van der Waals surface area (Å²) in [6, 6.07) is 0.405. The predicted octanol–water partition coefficient (Wildman–Crippen LogP) is 2.94. The van der Waals surface area contributed by atoms with Crippen molar-refractivity contribution in [1.29, 1.82) is 0 Å². The van der Waals surface area contributed by atoms with Crippen LogP contribution < -0.4 is 5.73 Å². The first-order valence-electron chi connectivity index (χ1n) is 5.49. The second-order valence-corrected chi connectivity index (χ2v) is 4.43. The summed E-state index contributed by atoms with van der Waals surface area (Å²) in [7, 11) is 0. The van der Waals surface area contributed by atoms with Crippen LogP contribution in [-0.4, -0.2) is 6.04 Å². The molecule has 1 saturated carbocycles. The molecule has 0 spiro atoms.